The van der Waals surface area contributed by atoms with Crippen LogP contribution in [0.3, 0.4) is 0 Å². The Kier molecular flexibility index (Phi) is 6.26. The molecule has 1 aliphatic carbocycles. The first kappa shape index (κ1) is 19.9. The minimum atomic E-state index is -3.74. The molecule has 0 spiro atoms. The number of nitrogens with zero attached hydrogens (tertiary/aromatic N) is 1. The van der Waals surface area contributed by atoms with Gasteiger partial charge in [-0.1, -0.05) is 19.3 Å². The third kappa shape index (κ3) is 4.38. The minimum Gasteiger partial charge on any atom is -0.486 e. The van der Waals surface area contributed by atoms with E-state index in [1.807, 2.05) is 13.8 Å². The summed E-state index contributed by atoms with van der Waals surface area (Å²) in [7, 11) is -3.74. The highest BCUT2D eigenvalue weighted by Gasteiger charge is 2.29. The third-order valence-electron chi connectivity index (χ3n) is 5.13. The molecule has 150 valence electrons. The molecule has 1 aromatic rings. The van der Waals surface area contributed by atoms with Crippen LogP contribution in [0.2, 0.25) is 0 Å². The van der Waals surface area contributed by atoms with Crippen molar-refractivity contribution in [1.29, 1.82) is 0 Å². The molecule has 3 rings (SSSR count). The van der Waals surface area contributed by atoms with Gasteiger partial charge in [-0.25, -0.2) is 13.1 Å². The number of fused-ring (bicyclic) bond motifs is 1. The molecule has 2 aliphatic rings. The van der Waals surface area contributed by atoms with Crippen molar-refractivity contribution < 1.29 is 22.7 Å². The Hall–Kier alpha value is -1.80. The van der Waals surface area contributed by atoms with Gasteiger partial charge in [0.05, 0.1) is 10.5 Å². The van der Waals surface area contributed by atoms with Crippen molar-refractivity contribution in [3.05, 3.63) is 17.7 Å². The maximum atomic E-state index is 12.9. The molecule has 27 heavy (non-hydrogen) atoms. The van der Waals surface area contributed by atoms with Crippen LogP contribution >= 0.6 is 0 Å². The van der Waals surface area contributed by atoms with E-state index >= 15 is 0 Å². The molecular formula is C19H28N2O5S. The summed E-state index contributed by atoms with van der Waals surface area (Å²) in [6.45, 7) is 5.49. The Labute approximate surface area is 161 Å². The number of rotatable bonds is 6. The van der Waals surface area contributed by atoms with Crippen molar-refractivity contribution in [2.45, 2.75) is 56.9 Å². The van der Waals surface area contributed by atoms with E-state index < -0.39 is 10.0 Å². The summed E-state index contributed by atoms with van der Waals surface area (Å²) in [5, 5.41) is 0. The summed E-state index contributed by atoms with van der Waals surface area (Å²) in [6, 6.07) is 2.82. The molecule has 8 heteroatoms. The van der Waals surface area contributed by atoms with Gasteiger partial charge in [-0.15, -0.1) is 0 Å². The Morgan fingerprint density at radius 3 is 2.44 bits per heavy atom. The van der Waals surface area contributed by atoms with Crippen LogP contribution < -0.4 is 14.2 Å². The lowest BCUT2D eigenvalue weighted by Gasteiger charge is -2.26. The molecule has 1 fully saturated rings. The Morgan fingerprint density at radius 1 is 1.11 bits per heavy atom. The lowest BCUT2D eigenvalue weighted by atomic mass is 9.96. The molecular weight excluding hydrogens is 368 g/mol. The minimum absolute atomic E-state index is 0.0489. The molecule has 1 amide bonds. The normalized spacial score (nSPS) is 17.6. The van der Waals surface area contributed by atoms with E-state index in [0.717, 1.165) is 32.1 Å². The maximum absolute atomic E-state index is 12.9. The third-order valence-corrected chi connectivity index (χ3v) is 6.63. The summed E-state index contributed by atoms with van der Waals surface area (Å²) in [4.78, 5) is 14.6. The van der Waals surface area contributed by atoms with Gasteiger partial charge in [0.25, 0.3) is 5.91 Å². The maximum Gasteiger partial charge on any atom is 0.257 e. The molecule has 1 heterocycles. The van der Waals surface area contributed by atoms with Crippen molar-refractivity contribution in [3.8, 4) is 11.5 Å². The van der Waals surface area contributed by atoms with Gasteiger partial charge >= 0.3 is 0 Å². The standard InChI is InChI=1S/C19H28N2O5S/c1-3-21(4-2)19(22)16-12-15(13-17-18(16)26-11-10-25-17)27(23,24)20-14-8-6-5-7-9-14/h12-14,20H,3-11H2,1-2H3. The second kappa shape index (κ2) is 8.48. The molecule has 0 aromatic heterocycles. The highest BCUT2D eigenvalue weighted by Crippen LogP contribution is 2.37. The molecule has 1 N–H and O–H groups in total. The van der Waals surface area contributed by atoms with E-state index in [1.54, 1.807) is 4.90 Å². The fraction of sp³-hybridized carbons (Fsp3) is 0.632. The predicted octanol–water partition coefficient (Wildman–Crippen LogP) is 2.55. The second-order valence-electron chi connectivity index (χ2n) is 6.93. The largest absolute Gasteiger partial charge is 0.486 e. The van der Waals surface area contributed by atoms with Gasteiger partial charge in [0.1, 0.15) is 13.2 Å². The summed E-state index contributed by atoms with van der Waals surface area (Å²) in [5.41, 5.74) is 0.236. The smallest absolute Gasteiger partial charge is 0.257 e. The molecule has 0 unspecified atom stereocenters. The average Bonchev–Trinajstić information content (AvgIpc) is 2.68. The van der Waals surface area contributed by atoms with Crippen LogP contribution in [0.1, 0.15) is 56.3 Å². The SMILES string of the molecule is CCN(CC)C(=O)c1cc(S(=O)(=O)NC2CCCCC2)cc2c1OCCO2. The van der Waals surface area contributed by atoms with E-state index in [4.69, 9.17) is 9.47 Å². The Bertz CT molecular complexity index is 784. The predicted molar refractivity (Wildman–Crippen MR) is 102 cm³/mol. The van der Waals surface area contributed by atoms with Gasteiger partial charge in [-0.3, -0.25) is 4.79 Å². The van der Waals surface area contributed by atoms with Crippen molar-refractivity contribution in [3.63, 3.8) is 0 Å². The van der Waals surface area contributed by atoms with Crippen LogP contribution in [0.5, 0.6) is 11.5 Å². The molecule has 1 aliphatic heterocycles. The summed E-state index contributed by atoms with van der Waals surface area (Å²) in [5.74, 6) is 0.384. The highest BCUT2D eigenvalue weighted by molar-refractivity contribution is 7.89. The van der Waals surface area contributed by atoms with Gasteiger partial charge in [0.2, 0.25) is 10.0 Å². The van der Waals surface area contributed by atoms with Crippen LogP contribution in [-0.4, -0.2) is 51.6 Å². The second-order valence-corrected chi connectivity index (χ2v) is 8.64. The number of benzene rings is 1. The number of amides is 1. The van der Waals surface area contributed by atoms with Crippen LogP contribution in [0.25, 0.3) is 0 Å². The van der Waals surface area contributed by atoms with Crippen molar-refractivity contribution in [2.75, 3.05) is 26.3 Å². The van der Waals surface area contributed by atoms with Crippen molar-refractivity contribution in [2.24, 2.45) is 0 Å². The monoisotopic (exact) mass is 396 g/mol. The van der Waals surface area contributed by atoms with Gasteiger partial charge in [0.15, 0.2) is 11.5 Å². The number of sulfonamides is 1. The van der Waals surface area contributed by atoms with E-state index in [2.05, 4.69) is 4.72 Å². The number of nitrogens with one attached hydrogen (secondary N) is 1. The zero-order valence-electron chi connectivity index (χ0n) is 16.0. The lowest BCUT2D eigenvalue weighted by Crippen LogP contribution is -2.36. The van der Waals surface area contributed by atoms with Gasteiger partial charge in [-0.2, -0.15) is 0 Å². The molecule has 0 radical (unpaired) electrons. The first-order valence-corrected chi connectivity index (χ1v) is 11.2. The number of ether oxygens (including phenoxy) is 2. The zero-order valence-corrected chi connectivity index (χ0v) is 16.8. The van der Waals surface area contributed by atoms with E-state index in [9.17, 15) is 13.2 Å². The van der Waals surface area contributed by atoms with E-state index in [1.165, 1.54) is 12.1 Å². The van der Waals surface area contributed by atoms with E-state index in [0.29, 0.717) is 37.8 Å². The average molecular weight is 397 g/mol. The highest BCUT2D eigenvalue weighted by atomic mass is 32.2. The van der Waals surface area contributed by atoms with Gasteiger partial charge in [-0.05, 0) is 32.8 Å². The summed E-state index contributed by atoms with van der Waals surface area (Å²) >= 11 is 0. The summed E-state index contributed by atoms with van der Waals surface area (Å²) < 4.78 is 39.9. The number of hydrogen-bond acceptors (Lipinski definition) is 5. The molecule has 1 saturated carbocycles. The molecule has 0 bridgehead atoms. The number of carbonyl (C=O) groups excluding carboxylic acids is 1. The fourth-order valence-electron chi connectivity index (χ4n) is 3.63. The van der Waals surface area contributed by atoms with Crippen molar-refractivity contribution >= 4 is 15.9 Å². The number of hydrogen-bond donors (Lipinski definition) is 1. The van der Waals surface area contributed by atoms with Crippen molar-refractivity contribution in [1.82, 2.24) is 9.62 Å². The zero-order chi connectivity index (χ0) is 19.4. The fourth-order valence-corrected chi connectivity index (χ4v) is 4.98. The Balaban J connectivity index is 1.98. The molecule has 1 aromatic carbocycles. The van der Waals surface area contributed by atoms with Crippen LogP contribution in [-0.2, 0) is 10.0 Å². The quantitative estimate of drug-likeness (QED) is 0.799. The molecule has 7 nitrogen and oxygen atoms in total. The van der Waals surface area contributed by atoms with Crippen LogP contribution in [0.15, 0.2) is 17.0 Å². The van der Waals surface area contributed by atoms with Crippen LogP contribution in [0.4, 0.5) is 0 Å². The molecule has 0 saturated heterocycles. The first-order valence-electron chi connectivity index (χ1n) is 9.71. The van der Waals surface area contributed by atoms with Gasteiger partial charge < -0.3 is 14.4 Å². The summed E-state index contributed by atoms with van der Waals surface area (Å²) in [6.07, 6.45) is 4.88. The van der Waals surface area contributed by atoms with Crippen LogP contribution in [0, 0.1) is 0 Å². The van der Waals surface area contributed by atoms with E-state index in [-0.39, 0.29) is 22.4 Å². The topological polar surface area (TPSA) is 84.9 Å². The number of carbonyl (C=O) groups is 1. The van der Waals surface area contributed by atoms with Gasteiger partial charge in [0, 0.05) is 25.2 Å². The molecule has 0 atom stereocenters. The Morgan fingerprint density at radius 2 is 1.78 bits per heavy atom. The lowest BCUT2D eigenvalue weighted by molar-refractivity contribution is 0.0762. The first-order chi connectivity index (χ1) is 13.0.